The molecule has 0 saturated heterocycles. The van der Waals surface area contributed by atoms with Crippen LogP contribution in [0.3, 0.4) is 0 Å². The first-order valence-electron chi connectivity index (χ1n) is 11.6. The Bertz CT molecular complexity index is 1370. The maximum Gasteiger partial charge on any atom is 0.185 e. The summed E-state index contributed by atoms with van der Waals surface area (Å²) in [5.74, 6) is -0.277. The molecule has 0 fully saturated rings. The average Bonchev–Trinajstić information content (AvgIpc) is 3.34. The summed E-state index contributed by atoms with van der Waals surface area (Å²) in [6.45, 7) is 2.00. The summed E-state index contributed by atoms with van der Waals surface area (Å²) in [4.78, 5) is 12.5. The zero-order chi connectivity index (χ0) is 24.2. The van der Waals surface area contributed by atoms with E-state index in [-0.39, 0.29) is 17.6 Å². The summed E-state index contributed by atoms with van der Waals surface area (Å²) in [5, 5.41) is 6.94. The number of hydrogen-bond acceptors (Lipinski definition) is 3. The molecule has 1 aliphatic heterocycles. The van der Waals surface area contributed by atoms with Crippen LogP contribution in [0.2, 0.25) is 0 Å². The number of ketones is 1. The summed E-state index contributed by atoms with van der Waals surface area (Å²) in [6, 6.07) is 32.2. The van der Waals surface area contributed by atoms with E-state index in [4.69, 9.17) is 5.10 Å². The Hall–Kier alpha value is -4.31. The van der Waals surface area contributed by atoms with Crippen LogP contribution in [0.5, 0.6) is 0 Å². The molecular weight excluding hydrogens is 435 g/mol. The lowest BCUT2D eigenvalue weighted by molar-refractivity contribution is 0.104. The number of allylic oxidation sites excluding steroid dienone is 1. The first-order valence-corrected chi connectivity index (χ1v) is 11.6. The maximum absolute atomic E-state index is 13.6. The number of carbonyl (C=O) groups is 1. The molecule has 3 nitrogen and oxygen atoms in total. The van der Waals surface area contributed by atoms with E-state index in [9.17, 15) is 9.18 Å². The molecule has 0 aliphatic carbocycles. The highest BCUT2D eigenvalue weighted by Gasteiger charge is 2.29. The van der Waals surface area contributed by atoms with Gasteiger partial charge in [0.1, 0.15) is 5.82 Å². The average molecular weight is 461 g/mol. The molecular formula is C31H25FN2O. The molecule has 4 aromatic rings. The van der Waals surface area contributed by atoms with Crippen LogP contribution >= 0.6 is 0 Å². The van der Waals surface area contributed by atoms with Crippen molar-refractivity contribution < 1.29 is 9.18 Å². The van der Waals surface area contributed by atoms with E-state index in [0.29, 0.717) is 5.56 Å². The van der Waals surface area contributed by atoms with Crippen molar-refractivity contribution in [2.24, 2.45) is 5.10 Å². The van der Waals surface area contributed by atoms with Gasteiger partial charge in [-0.25, -0.2) is 4.39 Å². The Labute approximate surface area is 204 Å². The minimum absolute atomic E-state index is 0.0258. The van der Waals surface area contributed by atoms with Crippen molar-refractivity contribution in [3.8, 4) is 0 Å². The molecule has 0 aromatic heterocycles. The van der Waals surface area contributed by atoms with Gasteiger partial charge in [0.2, 0.25) is 0 Å². The first kappa shape index (κ1) is 22.5. The molecule has 0 saturated carbocycles. The molecule has 35 heavy (non-hydrogen) atoms. The van der Waals surface area contributed by atoms with Crippen LogP contribution in [0.1, 0.15) is 45.1 Å². The minimum atomic E-state index is -0.251. The number of nitrogens with zero attached hydrogens (tertiary/aromatic N) is 2. The van der Waals surface area contributed by atoms with Crippen LogP contribution in [-0.4, -0.2) is 11.5 Å². The Kier molecular flexibility index (Phi) is 6.36. The van der Waals surface area contributed by atoms with Crippen molar-refractivity contribution in [2.45, 2.75) is 19.4 Å². The van der Waals surface area contributed by atoms with Crippen molar-refractivity contribution in [2.75, 3.05) is 5.01 Å². The van der Waals surface area contributed by atoms with Gasteiger partial charge in [-0.05, 0) is 54.0 Å². The number of halogens is 1. The number of carbonyl (C=O) groups excluding carboxylic acids is 1. The number of anilines is 1. The van der Waals surface area contributed by atoms with Crippen LogP contribution in [0, 0.1) is 12.7 Å². The predicted octanol–water partition coefficient (Wildman–Crippen LogP) is 7.39. The molecule has 172 valence electrons. The van der Waals surface area contributed by atoms with E-state index in [1.807, 2.05) is 96.9 Å². The van der Waals surface area contributed by atoms with Crippen molar-refractivity contribution >= 4 is 23.3 Å². The molecule has 1 atom stereocenters. The van der Waals surface area contributed by atoms with Gasteiger partial charge in [-0.2, -0.15) is 5.10 Å². The fraction of sp³-hybridized carbons (Fsp3) is 0.0968. The van der Waals surface area contributed by atoms with E-state index >= 15 is 0 Å². The monoisotopic (exact) mass is 460 g/mol. The number of benzene rings is 4. The normalized spacial score (nSPS) is 15.4. The quantitative estimate of drug-likeness (QED) is 0.222. The van der Waals surface area contributed by atoms with Gasteiger partial charge in [-0.3, -0.25) is 9.80 Å². The van der Waals surface area contributed by atoms with Crippen LogP contribution in [0.4, 0.5) is 10.1 Å². The molecule has 1 heterocycles. The summed E-state index contributed by atoms with van der Waals surface area (Å²) in [7, 11) is 0. The standard InChI is InChI=1S/C31H25FN2O/c1-22-7-12-26(13-8-22)31(35)20-11-23-9-18-28(19-10-23)34-30(25-14-16-27(32)17-15-25)21-29(33-34)24-5-3-2-4-6-24/h2-20,30H,21H2,1H3. The summed E-state index contributed by atoms with van der Waals surface area (Å²) in [6.07, 6.45) is 4.15. The Morgan fingerprint density at radius 1 is 0.886 bits per heavy atom. The number of hydrazone groups is 1. The highest BCUT2D eigenvalue weighted by atomic mass is 19.1. The van der Waals surface area contributed by atoms with Gasteiger partial charge in [-0.1, -0.05) is 90.5 Å². The summed E-state index contributed by atoms with van der Waals surface area (Å²) >= 11 is 0. The van der Waals surface area contributed by atoms with Crippen molar-refractivity contribution in [3.05, 3.63) is 143 Å². The zero-order valence-electron chi connectivity index (χ0n) is 19.4. The van der Waals surface area contributed by atoms with Crippen LogP contribution < -0.4 is 5.01 Å². The van der Waals surface area contributed by atoms with Gasteiger partial charge < -0.3 is 0 Å². The van der Waals surface area contributed by atoms with Crippen molar-refractivity contribution in [1.82, 2.24) is 0 Å². The smallest absolute Gasteiger partial charge is 0.185 e. The van der Waals surface area contributed by atoms with Gasteiger partial charge in [0, 0.05) is 12.0 Å². The number of rotatable bonds is 6. The van der Waals surface area contributed by atoms with Gasteiger partial charge in [0.15, 0.2) is 5.78 Å². The molecule has 5 rings (SSSR count). The van der Waals surface area contributed by atoms with Gasteiger partial charge in [0.25, 0.3) is 0 Å². The lowest BCUT2D eigenvalue weighted by atomic mass is 9.98. The maximum atomic E-state index is 13.6. The molecule has 1 unspecified atom stereocenters. The lowest BCUT2D eigenvalue weighted by Crippen LogP contribution is -2.18. The highest BCUT2D eigenvalue weighted by molar-refractivity contribution is 6.07. The topological polar surface area (TPSA) is 32.7 Å². The lowest BCUT2D eigenvalue weighted by Gasteiger charge is -2.24. The van der Waals surface area contributed by atoms with E-state index in [1.165, 1.54) is 12.1 Å². The third-order valence-electron chi connectivity index (χ3n) is 6.19. The molecule has 1 aliphatic rings. The zero-order valence-corrected chi connectivity index (χ0v) is 19.4. The van der Waals surface area contributed by atoms with Crippen LogP contribution in [0.15, 0.2) is 114 Å². The molecule has 0 N–H and O–H groups in total. The van der Waals surface area contributed by atoms with Crippen molar-refractivity contribution in [1.29, 1.82) is 0 Å². The molecule has 4 aromatic carbocycles. The third-order valence-corrected chi connectivity index (χ3v) is 6.19. The van der Waals surface area contributed by atoms with E-state index in [0.717, 1.165) is 40.1 Å². The van der Waals surface area contributed by atoms with Crippen molar-refractivity contribution in [3.63, 3.8) is 0 Å². The molecule has 0 radical (unpaired) electrons. The second-order valence-corrected chi connectivity index (χ2v) is 8.68. The fourth-order valence-electron chi connectivity index (χ4n) is 4.22. The Morgan fingerprint density at radius 2 is 1.57 bits per heavy atom. The minimum Gasteiger partial charge on any atom is -0.289 e. The largest absolute Gasteiger partial charge is 0.289 e. The van der Waals surface area contributed by atoms with E-state index < -0.39 is 0 Å². The Morgan fingerprint density at radius 3 is 2.26 bits per heavy atom. The molecule has 0 bridgehead atoms. The highest BCUT2D eigenvalue weighted by Crippen LogP contribution is 2.36. The van der Waals surface area contributed by atoms with E-state index in [2.05, 4.69) is 12.1 Å². The molecule has 4 heteroatoms. The SMILES string of the molecule is Cc1ccc(C(=O)C=Cc2ccc(N3N=C(c4ccccc4)CC3c3ccc(F)cc3)cc2)cc1. The Balaban J connectivity index is 1.39. The summed E-state index contributed by atoms with van der Waals surface area (Å²) in [5.41, 5.74) is 6.74. The van der Waals surface area contributed by atoms with E-state index in [1.54, 1.807) is 6.08 Å². The van der Waals surface area contributed by atoms with Gasteiger partial charge in [0.05, 0.1) is 17.4 Å². The predicted molar refractivity (Wildman–Crippen MR) is 140 cm³/mol. The van der Waals surface area contributed by atoms with Gasteiger partial charge >= 0.3 is 0 Å². The van der Waals surface area contributed by atoms with Gasteiger partial charge in [-0.15, -0.1) is 0 Å². The van der Waals surface area contributed by atoms with Crippen LogP contribution in [0.25, 0.3) is 6.08 Å². The third kappa shape index (κ3) is 5.12. The first-order chi connectivity index (χ1) is 17.1. The fourth-order valence-corrected chi connectivity index (χ4v) is 4.22. The number of hydrogen-bond donors (Lipinski definition) is 0. The number of aryl methyl sites for hydroxylation is 1. The summed E-state index contributed by atoms with van der Waals surface area (Å²) < 4.78 is 13.6. The second kappa shape index (κ2) is 9.90. The molecule has 0 amide bonds. The second-order valence-electron chi connectivity index (χ2n) is 8.68. The van der Waals surface area contributed by atoms with Crippen LogP contribution in [-0.2, 0) is 0 Å². The molecule has 0 spiro atoms.